The maximum Gasteiger partial charge on any atom is 0.344 e. The third-order valence-corrected chi connectivity index (χ3v) is 6.22. The van der Waals surface area contributed by atoms with Gasteiger partial charge in [0.2, 0.25) is 0 Å². The van der Waals surface area contributed by atoms with Crippen molar-refractivity contribution in [2.45, 2.75) is 51.1 Å². The van der Waals surface area contributed by atoms with Crippen molar-refractivity contribution in [1.82, 2.24) is 5.32 Å². The van der Waals surface area contributed by atoms with Crippen molar-refractivity contribution >= 4 is 16.7 Å². The van der Waals surface area contributed by atoms with Crippen LogP contribution < -0.4 is 10.1 Å². The summed E-state index contributed by atoms with van der Waals surface area (Å²) < 4.78 is 10.4. The number of nitrogens with one attached hydrogen (secondary N) is 1. The Hall–Kier alpha value is -2.85. The zero-order valence-electron chi connectivity index (χ0n) is 18.3. The molecular weight excluding hydrogens is 386 g/mol. The molecule has 1 N–H and O–H groups in total. The second-order valence-electron chi connectivity index (χ2n) is 8.33. The molecule has 4 heteroatoms. The van der Waals surface area contributed by atoms with E-state index < -0.39 is 0 Å². The first-order chi connectivity index (χ1) is 15.1. The molecule has 1 aliphatic rings. The molecule has 0 radical (unpaired) electrons. The van der Waals surface area contributed by atoms with Crippen molar-refractivity contribution < 1.29 is 14.3 Å². The molecule has 31 heavy (non-hydrogen) atoms. The van der Waals surface area contributed by atoms with Crippen molar-refractivity contribution in [3.05, 3.63) is 77.9 Å². The molecule has 0 spiro atoms. The van der Waals surface area contributed by atoms with Gasteiger partial charge in [0.15, 0.2) is 6.61 Å². The lowest BCUT2D eigenvalue weighted by Crippen LogP contribution is -2.29. The number of hydrogen-bond donors (Lipinski definition) is 1. The van der Waals surface area contributed by atoms with E-state index in [2.05, 4.69) is 66.8 Å². The predicted molar refractivity (Wildman–Crippen MR) is 124 cm³/mol. The van der Waals surface area contributed by atoms with Crippen LogP contribution in [0.4, 0.5) is 0 Å². The van der Waals surface area contributed by atoms with E-state index in [1.165, 1.54) is 34.7 Å². The van der Waals surface area contributed by atoms with E-state index >= 15 is 0 Å². The van der Waals surface area contributed by atoms with Crippen LogP contribution in [-0.4, -0.2) is 25.2 Å². The highest BCUT2D eigenvalue weighted by Gasteiger charge is 2.27. The van der Waals surface area contributed by atoms with Crippen molar-refractivity contribution in [1.29, 1.82) is 0 Å². The summed E-state index contributed by atoms with van der Waals surface area (Å²) in [5, 5.41) is 6.49. The fourth-order valence-corrected chi connectivity index (χ4v) is 4.69. The number of fused-ring (bicyclic) bond motifs is 1. The van der Waals surface area contributed by atoms with Gasteiger partial charge in [0.1, 0.15) is 5.75 Å². The van der Waals surface area contributed by atoms with Crippen LogP contribution >= 0.6 is 0 Å². The Labute approximate surface area is 184 Å². The van der Waals surface area contributed by atoms with E-state index in [9.17, 15) is 4.79 Å². The Morgan fingerprint density at radius 1 is 1.03 bits per heavy atom. The fourth-order valence-electron chi connectivity index (χ4n) is 4.69. The van der Waals surface area contributed by atoms with Crippen LogP contribution in [0.3, 0.4) is 0 Å². The summed E-state index contributed by atoms with van der Waals surface area (Å²) in [7, 11) is 0. The van der Waals surface area contributed by atoms with Gasteiger partial charge in [0, 0.05) is 12.1 Å². The number of esters is 1. The van der Waals surface area contributed by atoms with E-state index in [1.54, 1.807) is 6.92 Å². The predicted octanol–water partition coefficient (Wildman–Crippen LogP) is 5.77. The molecule has 0 aromatic heterocycles. The molecule has 0 heterocycles. The normalized spacial score (nSPS) is 19.3. The molecule has 162 valence electrons. The van der Waals surface area contributed by atoms with Crippen molar-refractivity contribution in [2.75, 3.05) is 13.2 Å². The summed E-state index contributed by atoms with van der Waals surface area (Å²) >= 11 is 0. The summed E-state index contributed by atoms with van der Waals surface area (Å²) in [6, 6.07) is 24.2. The van der Waals surface area contributed by atoms with Crippen LogP contribution in [0.2, 0.25) is 0 Å². The number of ether oxygens (including phenoxy) is 2. The summed E-state index contributed by atoms with van der Waals surface area (Å²) in [4.78, 5) is 11.4. The van der Waals surface area contributed by atoms with E-state index in [4.69, 9.17) is 9.47 Å². The van der Waals surface area contributed by atoms with Gasteiger partial charge in [-0.25, -0.2) is 4.79 Å². The minimum atomic E-state index is -0.336. The van der Waals surface area contributed by atoms with E-state index in [-0.39, 0.29) is 12.6 Å². The molecule has 1 aliphatic carbocycles. The fraction of sp³-hybridized carbons (Fsp3) is 0.370. The number of benzene rings is 3. The highest BCUT2D eigenvalue weighted by atomic mass is 16.6. The molecule has 0 aliphatic heterocycles. The van der Waals surface area contributed by atoms with Crippen LogP contribution in [-0.2, 0) is 9.53 Å². The summed E-state index contributed by atoms with van der Waals surface area (Å²) in [6.07, 6.45) is 3.50. The molecule has 3 atom stereocenters. The second kappa shape index (κ2) is 9.97. The smallest absolute Gasteiger partial charge is 0.344 e. The van der Waals surface area contributed by atoms with Crippen LogP contribution in [0, 0.1) is 0 Å². The third kappa shape index (κ3) is 5.26. The van der Waals surface area contributed by atoms with E-state index in [1.807, 2.05) is 12.1 Å². The van der Waals surface area contributed by atoms with Gasteiger partial charge in [-0.15, -0.1) is 0 Å². The van der Waals surface area contributed by atoms with Gasteiger partial charge in [-0.3, -0.25) is 0 Å². The van der Waals surface area contributed by atoms with Gasteiger partial charge in [-0.2, -0.15) is 0 Å². The maximum atomic E-state index is 11.4. The first kappa shape index (κ1) is 21.4. The van der Waals surface area contributed by atoms with Gasteiger partial charge < -0.3 is 14.8 Å². The monoisotopic (exact) mass is 417 g/mol. The lowest BCUT2D eigenvalue weighted by Gasteiger charge is -2.21. The highest BCUT2D eigenvalue weighted by molar-refractivity contribution is 5.86. The van der Waals surface area contributed by atoms with Crippen LogP contribution in [0.15, 0.2) is 66.7 Å². The Morgan fingerprint density at radius 3 is 2.61 bits per heavy atom. The van der Waals surface area contributed by atoms with Crippen molar-refractivity contribution in [3.63, 3.8) is 0 Å². The number of rotatable bonds is 8. The molecule has 0 saturated heterocycles. The molecule has 0 bridgehead atoms. The Balaban J connectivity index is 1.33. The van der Waals surface area contributed by atoms with Crippen LogP contribution in [0.1, 0.15) is 56.2 Å². The van der Waals surface area contributed by atoms with Gasteiger partial charge in [0.25, 0.3) is 0 Å². The molecule has 4 nitrogen and oxygen atoms in total. The van der Waals surface area contributed by atoms with Crippen molar-refractivity contribution in [3.8, 4) is 5.75 Å². The average molecular weight is 418 g/mol. The van der Waals surface area contributed by atoms with Gasteiger partial charge in [-0.1, -0.05) is 54.6 Å². The second-order valence-corrected chi connectivity index (χ2v) is 8.33. The van der Waals surface area contributed by atoms with Crippen molar-refractivity contribution in [2.24, 2.45) is 0 Å². The molecule has 4 rings (SSSR count). The lowest BCUT2D eigenvalue weighted by molar-refractivity contribution is -0.145. The van der Waals surface area contributed by atoms with E-state index in [0.29, 0.717) is 30.4 Å². The molecule has 3 aromatic rings. The third-order valence-electron chi connectivity index (χ3n) is 6.22. The summed E-state index contributed by atoms with van der Waals surface area (Å²) in [5.74, 6) is 0.918. The SMILES string of the molecule is CCOC(=O)COc1ccc([C@H]2CC[C@@H](NC(C)c3cccc4ccccc34)C2)cc1. The largest absolute Gasteiger partial charge is 0.482 e. The lowest BCUT2D eigenvalue weighted by atomic mass is 9.96. The zero-order valence-corrected chi connectivity index (χ0v) is 18.3. The minimum Gasteiger partial charge on any atom is -0.482 e. The number of hydrogen-bond acceptors (Lipinski definition) is 4. The Kier molecular flexibility index (Phi) is 6.88. The first-order valence-corrected chi connectivity index (χ1v) is 11.3. The quantitative estimate of drug-likeness (QED) is 0.473. The molecular formula is C27H31NO3. The Bertz CT molecular complexity index is 1010. The van der Waals surface area contributed by atoms with E-state index in [0.717, 1.165) is 6.42 Å². The topological polar surface area (TPSA) is 47.6 Å². The minimum absolute atomic E-state index is 0.0470. The molecule has 1 unspecified atom stereocenters. The van der Waals surface area contributed by atoms with Crippen LogP contribution in [0.5, 0.6) is 5.75 Å². The van der Waals surface area contributed by atoms with Gasteiger partial charge in [0.05, 0.1) is 6.61 Å². The number of carbonyl (C=O) groups excluding carboxylic acids is 1. The molecule has 1 fully saturated rings. The first-order valence-electron chi connectivity index (χ1n) is 11.3. The standard InChI is InChI=1S/C27H31NO3/c1-3-30-27(29)18-31-24-15-12-20(13-16-24)22-11-14-23(17-22)28-19(2)25-10-6-8-21-7-4-5-9-26(21)25/h4-10,12-13,15-16,19,22-23,28H,3,11,14,17-18H2,1-2H3/t19?,22-,23+/m0/s1. The molecule has 0 amide bonds. The molecule has 1 saturated carbocycles. The number of carbonyl (C=O) groups is 1. The highest BCUT2D eigenvalue weighted by Crippen LogP contribution is 2.36. The van der Waals surface area contributed by atoms with Gasteiger partial charge in [-0.05, 0) is 73.1 Å². The summed E-state index contributed by atoms with van der Waals surface area (Å²) in [5.41, 5.74) is 2.70. The zero-order chi connectivity index (χ0) is 21.6. The Morgan fingerprint density at radius 2 is 1.81 bits per heavy atom. The van der Waals surface area contributed by atoms with Gasteiger partial charge >= 0.3 is 5.97 Å². The average Bonchev–Trinajstić information content (AvgIpc) is 3.26. The van der Waals surface area contributed by atoms with Crippen LogP contribution in [0.25, 0.3) is 10.8 Å². The summed E-state index contributed by atoms with van der Waals surface area (Å²) in [6.45, 7) is 4.38. The maximum absolute atomic E-state index is 11.4. The molecule has 3 aromatic carbocycles.